The molecule has 1 atom stereocenters. The first kappa shape index (κ1) is 13.6. The van der Waals surface area contributed by atoms with Crippen LogP contribution in [0.25, 0.3) is 0 Å². The van der Waals surface area contributed by atoms with Gasteiger partial charge in [-0.05, 0) is 17.7 Å². The van der Waals surface area contributed by atoms with Gasteiger partial charge in [0.2, 0.25) is 0 Å². The molecule has 2 aromatic carbocycles. The lowest BCUT2D eigenvalue weighted by molar-refractivity contribution is 0.140. The number of aliphatic imine (C=N–C) groups is 1. The molecule has 3 rings (SSSR count). The summed E-state index contributed by atoms with van der Waals surface area (Å²) in [6.45, 7) is 1.11. The number of nitrogens with two attached hydrogens (primary N) is 1. The zero-order valence-corrected chi connectivity index (χ0v) is 12.1. The molecule has 1 aliphatic heterocycles. The van der Waals surface area contributed by atoms with E-state index < -0.39 is 0 Å². The van der Waals surface area contributed by atoms with Crippen molar-refractivity contribution in [2.24, 2.45) is 10.7 Å². The monoisotopic (exact) mass is 281 g/mol. The summed E-state index contributed by atoms with van der Waals surface area (Å²) < 4.78 is 5.51. The number of guanidine groups is 1. The molecule has 0 radical (unpaired) electrons. The van der Waals surface area contributed by atoms with E-state index >= 15 is 0 Å². The predicted molar refractivity (Wildman–Crippen MR) is 85.4 cm³/mol. The van der Waals surface area contributed by atoms with Crippen molar-refractivity contribution in [2.45, 2.75) is 5.54 Å². The van der Waals surface area contributed by atoms with Crippen molar-refractivity contribution in [1.29, 1.82) is 0 Å². The zero-order chi connectivity index (χ0) is 14.7. The van der Waals surface area contributed by atoms with Crippen LogP contribution in [0.3, 0.4) is 0 Å². The molecule has 0 aliphatic carbocycles. The maximum Gasteiger partial charge on any atom is 0.196 e. The SMILES string of the molecule is COCC1(c2ccccc2)CN=C(N)N1c1ccccc1. The van der Waals surface area contributed by atoms with Crippen LogP contribution < -0.4 is 10.6 Å². The number of benzene rings is 2. The molecule has 1 heterocycles. The summed E-state index contributed by atoms with van der Waals surface area (Å²) in [7, 11) is 1.71. The Kier molecular flexibility index (Phi) is 3.62. The van der Waals surface area contributed by atoms with Crippen LogP contribution in [-0.2, 0) is 10.3 Å². The summed E-state index contributed by atoms with van der Waals surface area (Å²) >= 11 is 0. The number of hydrogen-bond donors (Lipinski definition) is 1. The van der Waals surface area contributed by atoms with E-state index in [1.807, 2.05) is 48.5 Å². The summed E-state index contributed by atoms with van der Waals surface area (Å²) in [5, 5.41) is 0. The van der Waals surface area contributed by atoms with Gasteiger partial charge < -0.3 is 10.5 Å². The zero-order valence-electron chi connectivity index (χ0n) is 12.1. The molecule has 0 aromatic heterocycles. The van der Waals surface area contributed by atoms with Gasteiger partial charge in [-0.25, -0.2) is 0 Å². The summed E-state index contributed by atoms with van der Waals surface area (Å²) in [6, 6.07) is 20.4. The second-order valence-corrected chi connectivity index (χ2v) is 5.18. The summed E-state index contributed by atoms with van der Waals surface area (Å²) in [6.07, 6.45) is 0. The predicted octanol–water partition coefficient (Wildman–Crippen LogP) is 2.36. The van der Waals surface area contributed by atoms with Gasteiger partial charge in [-0.2, -0.15) is 0 Å². The van der Waals surface area contributed by atoms with E-state index in [0.717, 1.165) is 11.3 Å². The van der Waals surface area contributed by atoms with Gasteiger partial charge in [0.15, 0.2) is 5.96 Å². The van der Waals surface area contributed by atoms with Crippen molar-refractivity contribution >= 4 is 11.6 Å². The Balaban J connectivity index is 2.11. The van der Waals surface area contributed by atoms with Crippen molar-refractivity contribution in [1.82, 2.24) is 0 Å². The lowest BCUT2D eigenvalue weighted by Gasteiger charge is -2.39. The Morgan fingerprint density at radius 3 is 2.33 bits per heavy atom. The van der Waals surface area contributed by atoms with Crippen LogP contribution >= 0.6 is 0 Å². The van der Waals surface area contributed by atoms with Crippen molar-refractivity contribution in [3.8, 4) is 0 Å². The van der Waals surface area contributed by atoms with E-state index in [-0.39, 0.29) is 5.54 Å². The molecule has 1 unspecified atom stereocenters. The topological polar surface area (TPSA) is 50.9 Å². The highest BCUT2D eigenvalue weighted by atomic mass is 16.5. The highest BCUT2D eigenvalue weighted by Crippen LogP contribution is 2.37. The van der Waals surface area contributed by atoms with Crippen LogP contribution in [-0.4, -0.2) is 26.2 Å². The highest BCUT2D eigenvalue weighted by Gasteiger charge is 2.44. The van der Waals surface area contributed by atoms with Crippen molar-refractivity contribution in [2.75, 3.05) is 25.2 Å². The van der Waals surface area contributed by atoms with E-state index in [9.17, 15) is 0 Å². The minimum atomic E-state index is -0.387. The number of hydrogen-bond acceptors (Lipinski definition) is 4. The first-order chi connectivity index (χ1) is 10.3. The smallest absolute Gasteiger partial charge is 0.196 e. The molecule has 21 heavy (non-hydrogen) atoms. The Hall–Kier alpha value is -2.33. The van der Waals surface area contributed by atoms with Gasteiger partial charge in [0.1, 0.15) is 5.54 Å². The molecule has 0 saturated carbocycles. The van der Waals surface area contributed by atoms with Gasteiger partial charge >= 0.3 is 0 Å². The van der Waals surface area contributed by atoms with Gasteiger partial charge in [-0.1, -0.05) is 48.5 Å². The minimum absolute atomic E-state index is 0.387. The lowest BCUT2D eigenvalue weighted by Crippen LogP contribution is -2.52. The molecule has 2 aromatic rings. The molecular weight excluding hydrogens is 262 g/mol. The maximum absolute atomic E-state index is 6.17. The molecule has 0 saturated heterocycles. The van der Waals surface area contributed by atoms with Crippen molar-refractivity contribution in [3.05, 3.63) is 66.2 Å². The second-order valence-electron chi connectivity index (χ2n) is 5.18. The Morgan fingerprint density at radius 1 is 1.10 bits per heavy atom. The molecule has 1 aliphatic rings. The fourth-order valence-corrected chi connectivity index (χ4v) is 2.93. The molecule has 0 amide bonds. The maximum atomic E-state index is 6.17. The van der Waals surface area contributed by atoms with Crippen LogP contribution in [0.4, 0.5) is 5.69 Å². The van der Waals surface area contributed by atoms with Crippen molar-refractivity contribution in [3.63, 3.8) is 0 Å². The van der Waals surface area contributed by atoms with Crippen LogP contribution in [0.5, 0.6) is 0 Å². The molecule has 0 bridgehead atoms. The number of anilines is 1. The number of rotatable bonds is 4. The Bertz CT molecular complexity index is 627. The van der Waals surface area contributed by atoms with Crippen LogP contribution in [0, 0.1) is 0 Å². The Morgan fingerprint density at radius 2 is 1.71 bits per heavy atom. The van der Waals surface area contributed by atoms with E-state index in [0.29, 0.717) is 19.1 Å². The summed E-state index contributed by atoms with van der Waals surface area (Å²) in [4.78, 5) is 6.56. The molecule has 0 fully saturated rings. The Labute approximate surface area is 124 Å². The first-order valence-corrected chi connectivity index (χ1v) is 6.97. The number of para-hydroxylation sites is 1. The third-order valence-corrected chi connectivity index (χ3v) is 3.87. The normalized spacial score (nSPS) is 21.4. The average Bonchev–Trinajstić information content (AvgIpc) is 2.87. The average molecular weight is 281 g/mol. The first-order valence-electron chi connectivity index (χ1n) is 6.97. The van der Waals surface area contributed by atoms with Gasteiger partial charge in [0.05, 0.1) is 13.2 Å². The molecule has 108 valence electrons. The lowest BCUT2D eigenvalue weighted by atomic mass is 9.89. The van der Waals surface area contributed by atoms with Crippen LogP contribution in [0.1, 0.15) is 5.56 Å². The van der Waals surface area contributed by atoms with E-state index in [4.69, 9.17) is 10.5 Å². The molecule has 4 heteroatoms. The van der Waals surface area contributed by atoms with Gasteiger partial charge in [-0.15, -0.1) is 0 Å². The van der Waals surface area contributed by atoms with E-state index in [2.05, 4.69) is 22.0 Å². The quantitative estimate of drug-likeness (QED) is 0.936. The largest absolute Gasteiger partial charge is 0.382 e. The standard InChI is InChI=1S/C17H19N3O/c1-21-13-17(14-8-4-2-5-9-14)12-19-16(18)20(17)15-10-6-3-7-11-15/h2-11H,12-13H2,1H3,(H2,18,19). The third kappa shape index (κ3) is 2.28. The van der Waals surface area contributed by atoms with Crippen LogP contribution in [0.2, 0.25) is 0 Å². The van der Waals surface area contributed by atoms with E-state index in [1.165, 1.54) is 0 Å². The fourth-order valence-electron chi connectivity index (χ4n) is 2.93. The molecule has 2 N–H and O–H groups in total. The van der Waals surface area contributed by atoms with Gasteiger partial charge in [0.25, 0.3) is 0 Å². The van der Waals surface area contributed by atoms with E-state index in [1.54, 1.807) is 7.11 Å². The van der Waals surface area contributed by atoms with Gasteiger partial charge in [0, 0.05) is 12.8 Å². The van der Waals surface area contributed by atoms with Crippen molar-refractivity contribution < 1.29 is 4.74 Å². The minimum Gasteiger partial charge on any atom is -0.382 e. The fraction of sp³-hybridized carbons (Fsp3) is 0.235. The number of methoxy groups -OCH3 is 1. The van der Waals surface area contributed by atoms with Crippen LogP contribution in [0.15, 0.2) is 65.7 Å². The third-order valence-electron chi connectivity index (χ3n) is 3.87. The summed E-state index contributed by atoms with van der Waals surface area (Å²) in [5.41, 5.74) is 7.96. The highest BCUT2D eigenvalue weighted by molar-refractivity contribution is 5.98. The molecule has 0 spiro atoms. The molecule has 4 nitrogen and oxygen atoms in total. The second kappa shape index (κ2) is 5.58. The van der Waals surface area contributed by atoms with Gasteiger partial charge in [-0.3, -0.25) is 9.89 Å². The summed E-state index contributed by atoms with van der Waals surface area (Å²) in [5.74, 6) is 0.530. The molecular formula is C17H19N3O. The number of nitrogens with zero attached hydrogens (tertiary/aromatic N) is 2. The number of ether oxygens (including phenoxy) is 1.